The van der Waals surface area contributed by atoms with Gasteiger partial charge in [0.05, 0.1) is 42.3 Å². The summed E-state index contributed by atoms with van der Waals surface area (Å²) in [5, 5.41) is 10.9. The first-order valence-corrected chi connectivity index (χ1v) is 11.0. The number of amides is 3. The third kappa shape index (κ3) is 5.25. The van der Waals surface area contributed by atoms with Gasteiger partial charge in [0, 0.05) is 30.9 Å². The number of carbonyl (C=O) groups is 2. The molecule has 0 unspecified atom stereocenters. The third-order valence-electron chi connectivity index (χ3n) is 5.36. The van der Waals surface area contributed by atoms with Gasteiger partial charge in [0.1, 0.15) is 11.4 Å². The van der Waals surface area contributed by atoms with E-state index in [1.807, 2.05) is 39.8 Å². The highest BCUT2D eigenvalue weighted by molar-refractivity contribution is 5.91. The van der Waals surface area contributed by atoms with Crippen molar-refractivity contribution in [2.24, 2.45) is 0 Å². The van der Waals surface area contributed by atoms with Gasteiger partial charge in [0.15, 0.2) is 0 Å². The lowest BCUT2D eigenvalue weighted by molar-refractivity contribution is 0.0252. The lowest BCUT2D eigenvalue weighted by atomic mass is 10.2. The number of nitrogens with one attached hydrogen (secondary N) is 2. The van der Waals surface area contributed by atoms with Crippen molar-refractivity contribution < 1.29 is 19.1 Å². The van der Waals surface area contributed by atoms with Gasteiger partial charge in [-0.2, -0.15) is 5.10 Å². The summed E-state index contributed by atoms with van der Waals surface area (Å²) in [6, 6.07) is 4.72. The Bertz CT molecular complexity index is 1200. The zero-order chi connectivity index (χ0) is 24.5. The molecule has 0 bridgehead atoms. The van der Waals surface area contributed by atoms with Crippen molar-refractivity contribution >= 4 is 28.8 Å². The van der Waals surface area contributed by atoms with E-state index in [0.29, 0.717) is 12.4 Å². The number of nitrogens with zero attached hydrogens (tertiary/aromatic N) is 5. The summed E-state index contributed by atoms with van der Waals surface area (Å²) < 4.78 is 12.7. The summed E-state index contributed by atoms with van der Waals surface area (Å²) in [4.78, 5) is 35.1. The van der Waals surface area contributed by atoms with Gasteiger partial charge in [0.25, 0.3) is 0 Å². The molecule has 1 fully saturated rings. The summed E-state index contributed by atoms with van der Waals surface area (Å²) >= 11 is 0. The van der Waals surface area contributed by atoms with Gasteiger partial charge in [0.2, 0.25) is 0 Å². The predicted octanol–water partition coefficient (Wildman–Crippen LogP) is 2.88. The van der Waals surface area contributed by atoms with Crippen molar-refractivity contribution in [2.45, 2.75) is 45.4 Å². The third-order valence-corrected chi connectivity index (χ3v) is 5.36. The van der Waals surface area contributed by atoms with Crippen molar-refractivity contribution in [2.75, 3.05) is 25.5 Å². The first-order valence-electron chi connectivity index (χ1n) is 11.0. The Labute approximate surface area is 197 Å². The Morgan fingerprint density at radius 2 is 1.94 bits per heavy atom. The van der Waals surface area contributed by atoms with Crippen LogP contribution in [0.1, 0.15) is 26.5 Å². The molecule has 11 heteroatoms. The molecule has 1 aliphatic heterocycles. The van der Waals surface area contributed by atoms with Crippen LogP contribution in [0.25, 0.3) is 16.6 Å². The second-order valence-electron chi connectivity index (χ2n) is 9.20. The smallest absolute Gasteiger partial charge is 0.410 e. The predicted molar refractivity (Wildman–Crippen MR) is 126 cm³/mol. The molecule has 4 rings (SSSR count). The summed E-state index contributed by atoms with van der Waals surface area (Å²) in [6.45, 7) is 7.95. The van der Waals surface area contributed by atoms with E-state index >= 15 is 0 Å². The van der Waals surface area contributed by atoms with Crippen LogP contribution in [0.4, 0.5) is 15.4 Å². The van der Waals surface area contributed by atoms with Gasteiger partial charge in [-0.25, -0.2) is 19.3 Å². The molecule has 3 aromatic heterocycles. The molecule has 1 aliphatic rings. The highest BCUT2D eigenvalue weighted by Crippen LogP contribution is 2.21. The molecule has 180 valence electrons. The topological polar surface area (TPSA) is 124 Å². The number of carbonyl (C=O) groups excluding carboxylic acids is 2. The van der Waals surface area contributed by atoms with Crippen LogP contribution in [-0.4, -0.2) is 74.7 Å². The number of aromatic nitrogens is 4. The SMILES string of the molecule is CO[C@H]1CN(C(=O)OC(C)(C)C)C[C@@H]1NC(=O)Nc1cc2cnn(-c3ccnc(C)c3)c2cn1. The first kappa shape index (κ1) is 23.4. The van der Waals surface area contributed by atoms with Gasteiger partial charge in [-0.1, -0.05) is 0 Å². The summed E-state index contributed by atoms with van der Waals surface area (Å²) in [6.07, 6.45) is 4.31. The summed E-state index contributed by atoms with van der Waals surface area (Å²) in [5.41, 5.74) is 1.97. The minimum Gasteiger partial charge on any atom is -0.444 e. The maximum absolute atomic E-state index is 12.7. The van der Waals surface area contributed by atoms with E-state index in [1.165, 1.54) is 4.90 Å². The van der Waals surface area contributed by atoms with Crippen LogP contribution in [0.2, 0.25) is 0 Å². The normalized spacial score (nSPS) is 18.2. The number of ether oxygens (including phenoxy) is 2. The number of rotatable bonds is 4. The molecule has 3 amide bonds. The van der Waals surface area contributed by atoms with E-state index in [0.717, 1.165) is 22.3 Å². The number of urea groups is 1. The summed E-state index contributed by atoms with van der Waals surface area (Å²) in [5.74, 6) is 0.381. The molecule has 0 saturated carbocycles. The Kier molecular flexibility index (Phi) is 6.38. The van der Waals surface area contributed by atoms with Crippen molar-refractivity contribution in [3.05, 3.63) is 42.5 Å². The van der Waals surface area contributed by atoms with Crippen LogP contribution in [0.15, 0.2) is 36.8 Å². The second kappa shape index (κ2) is 9.26. The van der Waals surface area contributed by atoms with Crippen molar-refractivity contribution in [1.29, 1.82) is 0 Å². The molecular weight excluding hydrogens is 438 g/mol. The van der Waals surface area contributed by atoms with E-state index in [4.69, 9.17) is 9.47 Å². The molecule has 1 saturated heterocycles. The minimum atomic E-state index is -0.600. The highest BCUT2D eigenvalue weighted by Gasteiger charge is 2.38. The molecule has 0 aliphatic carbocycles. The van der Waals surface area contributed by atoms with Crippen LogP contribution >= 0.6 is 0 Å². The number of methoxy groups -OCH3 is 1. The monoisotopic (exact) mass is 467 g/mol. The molecule has 4 heterocycles. The Morgan fingerprint density at radius 1 is 1.15 bits per heavy atom. The quantitative estimate of drug-likeness (QED) is 0.605. The number of pyridine rings is 2. The lowest BCUT2D eigenvalue weighted by Gasteiger charge is -2.24. The average molecular weight is 468 g/mol. The van der Waals surface area contributed by atoms with Gasteiger partial charge in [-0.15, -0.1) is 0 Å². The molecule has 2 N–H and O–H groups in total. The molecular formula is C23H29N7O4. The van der Waals surface area contributed by atoms with Gasteiger partial charge in [-0.3, -0.25) is 10.3 Å². The molecule has 34 heavy (non-hydrogen) atoms. The standard InChI is InChI=1S/C23H29N7O4/c1-14-8-16(6-7-24-14)30-18-11-25-20(9-15(18)10-26-30)28-21(31)27-17-12-29(13-19(17)33-5)22(32)34-23(2,3)4/h6-11,17,19H,12-13H2,1-5H3,(H2,25,27,28,31)/t17-,19-/m0/s1. The maximum Gasteiger partial charge on any atom is 0.410 e. The zero-order valence-electron chi connectivity index (χ0n) is 19.9. The molecule has 0 spiro atoms. The Balaban J connectivity index is 1.41. The van der Waals surface area contributed by atoms with E-state index in [1.54, 1.807) is 36.4 Å². The fraction of sp³-hybridized carbons (Fsp3) is 0.435. The maximum atomic E-state index is 12.7. The second-order valence-corrected chi connectivity index (χ2v) is 9.20. The van der Waals surface area contributed by atoms with Crippen LogP contribution in [0.3, 0.4) is 0 Å². The molecule has 3 aromatic rings. The van der Waals surface area contributed by atoms with Gasteiger partial charge >= 0.3 is 12.1 Å². The number of aryl methyl sites for hydroxylation is 1. The number of anilines is 1. The van der Waals surface area contributed by atoms with Crippen molar-refractivity contribution in [1.82, 2.24) is 30.0 Å². The number of fused-ring (bicyclic) bond motifs is 1. The number of hydrogen-bond donors (Lipinski definition) is 2. The van der Waals surface area contributed by atoms with E-state index in [9.17, 15) is 9.59 Å². The van der Waals surface area contributed by atoms with E-state index < -0.39 is 17.7 Å². The Morgan fingerprint density at radius 3 is 2.65 bits per heavy atom. The van der Waals surface area contributed by atoms with Crippen LogP contribution in [-0.2, 0) is 9.47 Å². The van der Waals surface area contributed by atoms with Gasteiger partial charge in [-0.05, 0) is 45.9 Å². The fourth-order valence-corrected chi connectivity index (χ4v) is 3.81. The Hall–Kier alpha value is -3.73. The molecule has 2 atom stereocenters. The number of likely N-dealkylation sites (tertiary alicyclic amines) is 1. The van der Waals surface area contributed by atoms with Gasteiger partial charge < -0.3 is 19.7 Å². The number of hydrogen-bond acceptors (Lipinski definition) is 7. The first-order chi connectivity index (χ1) is 16.1. The van der Waals surface area contributed by atoms with E-state index in [2.05, 4.69) is 25.7 Å². The lowest BCUT2D eigenvalue weighted by Crippen LogP contribution is -2.45. The highest BCUT2D eigenvalue weighted by atomic mass is 16.6. The molecule has 0 aromatic carbocycles. The largest absolute Gasteiger partial charge is 0.444 e. The molecule has 11 nitrogen and oxygen atoms in total. The fourth-order valence-electron chi connectivity index (χ4n) is 3.81. The van der Waals surface area contributed by atoms with E-state index in [-0.39, 0.29) is 18.7 Å². The van der Waals surface area contributed by atoms with Crippen molar-refractivity contribution in [3.63, 3.8) is 0 Å². The van der Waals surface area contributed by atoms with Crippen LogP contribution < -0.4 is 10.6 Å². The van der Waals surface area contributed by atoms with Crippen LogP contribution in [0, 0.1) is 6.92 Å². The summed E-state index contributed by atoms with van der Waals surface area (Å²) in [7, 11) is 1.55. The molecule has 0 radical (unpaired) electrons. The zero-order valence-corrected chi connectivity index (χ0v) is 19.9. The van der Waals surface area contributed by atoms with Crippen LogP contribution in [0.5, 0.6) is 0 Å². The van der Waals surface area contributed by atoms with Crippen molar-refractivity contribution in [3.8, 4) is 5.69 Å². The minimum absolute atomic E-state index is 0.283. The average Bonchev–Trinajstić information content (AvgIpc) is 3.36.